The zero-order chi connectivity index (χ0) is 13.5. The molecule has 3 rings (SSSR count). The smallest absolute Gasteiger partial charge is 0.329 e. The van der Waals surface area contributed by atoms with E-state index in [9.17, 15) is 13.2 Å². The summed E-state index contributed by atoms with van der Waals surface area (Å²) in [5, 5.41) is 6.50. The highest BCUT2D eigenvalue weighted by molar-refractivity contribution is 5.55. The molecule has 1 aliphatic heterocycles. The van der Waals surface area contributed by atoms with Crippen molar-refractivity contribution in [2.45, 2.75) is 12.1 Å². The van der Waals surface area contributed by atoms with Crippen molar-refractivity contribution in [2.24, 2.45) is 0 Å². The first kappa shape index (κ1) is 12.2. The van der Waals surface area contributed by atoms with Crippen molar-refractivity contribution >= 4 is 0 Å². The van der Waals surface area contributed by atoms with Gasteiger partial charge in [-0.2, -0.15) is 18.2 Å². The van der Waals surface area contributed by atoms with Crippen molar-refractivity contribution < 1.29 is 17.7 Å². The van der Waals surface area contributed by atoms with Gasteiger partial charge in [-0.3, -0.25) is 0 Å². The number of hydrogen-bond acceptors (Lipinski definition) is 4. The van der Waals surface area contributed by atoms with Crippen LogP contribution in [0.5, 0.6) is 0 Å². The summed E-state index contributed by atoms with van der Waals surface area (Å²) in [6.07, 6.45) is -4.61. The summed E-state index contributed by atoms with van der Waals surface area (Å²) in [7, 11) is 0. The maximum atomic E-state index is 12.3. The summed E-state index contributed by atoms with van der Waals surface area (Å²) in [6, 6.07) is 7.17. The third-order valence-corrected chi connectivity index (χ3v) is 3.09. The molecular weight excluding hydrogens is 259 g/mol. The second kappa shape index (κ2) is 4.34. The quantitative estimate of drug-likeness (QED) is 0.909. The number of benzene rings is 1. The molecule has 19 heavy (non-hydrogen) atoms. The Labute approximate surface area is 106 Å². The number of nitrogens with one attached hydrogen (secondary N) is 1. The van der Waals surface area contributed by atoms with Crippen LogP contribution in [0.3, 0.4) is 0 Å². The Balaban J connectivity index is 1.83. The standard InChI is InChI=1S/C12H10F3N3O/c13-12(14,15)11-17-10(18-19-11)8-3-1-7(2-4-8)9-5-16-6-9/h1-4,9,16H,5-6H2. The molecule has 2 heterocycles. The van der Waals surface area contributed by atoms with Gasteiger partial charge in [0.2, 0.25) is 5.82 Å². The highest BCUT2D eigenvalue weighted by Crippen LogP contribution is 2.30. The minimum Gasteiger partial charge on any atom is -0.329 e. The molecule has 1 aromatic heterocycles. The van der Waals surface area contributed by atoms with Crippen molar-refractivity contribution in [1.82, 2.24) is 15.5 Å². The molecule has 0 unspecified atom stereocenters. The third-order valence-electron chi connectivity index (χ3n) is 3.09. The fraction of sp³-hybridized carbons (Fsp3) is 0.333. The first-order valence-electron chi connectivity index (χ1n) is 5.76. The average molecular weight is 269 g/mol. The van der Waals surface area contributed by atoms with E-state index in [1.807, 2.05) is 12.1 Å². The highest BCUT2D eigenvalue weighted by atomic mass is 19.4. The minimum atomic E-state index is -4.61. The Morgan fingerprint density at radius 3 is 2.32 bits per heavy atom. The first-order valence-corrected chi connectivity index (χ1v) is 5.76. The molecular formula is C12H10F3N3O. The van der Waals surface area contributed by atoms with Gasteiger partial charge in [0.15, 0.2) is 0 Å². The number of nitrogens with zero attached hydrogens (tertiary/aromatic N) is 2. The second-order valence-electron chi connectivity index (χ2n) is 4.40. The molecule has 0 spiro atoms. The minimum absolute atomic E-state index is 0.0504. The fourth-order valence-electron chi connectivity index (χ4n) is 1.88. The molecule has 1 saturated heterocycles. The van der Waals surface area contributed by atoms with Crippen molar-refractivity contribution in [1.29, 1.82) is 0 Å². The first-order chi connectivity index (χ1) is 9.04. The molecule has 0 bridgehead atoms. The Morgan fingerprint density at radius 2 is 1.84 bits per heavy atom. The van der Waals surface area contributed by atoms with Crippen molar-refractivity contribution in [3.8, 4) is 11.4 Å². The van der Waals surface area contributed by atoms with Gasteiger partial charge in [0.1, 0.15) is 0 Å². The zero-order valence-electron chi connectivity index (χ0n) is 9.74. The highest BCUT2D eigenvalue weighted by Gasteiger charge is 2.38. The van der Waals surface area contributed by atoms with Gasteiger partial charge in [-0.1, -0.05) is 29.4 Å². The molecule has 7 heteroatoms. The van der Waals surface area contributed by atoms with E-state index in [1.165, 1.54) is 0 Å². The van der Waals surface area contributed by atoms with E-state index in [2.05, 4.69) is 20.0 Å². The summed E-state index contributed by atoms with van der Waals surface area (Å²) in [4.78, 5) is 3.35. The number of aromatic nitrogens is 2. The van der Waals surface area contributed by atoms with Gasteiger partial charge in [0, 0.05) is 24.6 Å². The van der Waals surface area contributed by atoms with Crippen LogP contribution in [0.4, 0.5) is 13.2 Å². The topological polar surface area (TPSA) is 51.0 Å². The number of halogens is 3. The monoisotopic (exact) mass is 269 g/mol. The molecule has 4 nitrogen and oxygen atoms in total. The van der Waals surface area contributed by atoms with E-state index in [-0.39, 0.29) is 5.82 Å². The molecule has 0 amide bonds. The van der Waals surface area contributed by atoms with E-state index in [4.69, 9.17) is 0 Å². The van der Waals surface area contributed by atoms with Gasteiger partial charge in [0.25, 0.3) is 0 Å². The largest absolute Gasteiger partial charge is 0.471 e. The summed E-state index contributed by atoms with van der Waals surface area (Å²) in [5.41, 5.74) is 1.66. The SMILES string of the molecule is FC(F)(F)c1nc(-c2ccc(C3CNC3)cc2)no1. The lowest BCUT2D eigenvalue weighted by Crippen LogP contribution is -2.39. The van der Waals surface area contributed by atoms with Gasteiger partial charge < -0.3 is 9.84 Å². The Morgan fingerprint density at radius 1 is 1.16 bits per heavy atom. The molecule has 0 atom stereocenters. The van der Waals surface area contributed by atoms with Crippen LogP contribution in [0.25, 0.3) is 11.4 Å². The van der Waals surface area contributed by atoms with Crippen LogP contribution in [0.2, 0.25) is 0 Å². The van der Waals surface area contributed by atoms with Crippen LogP contribution in [0.1, 0.15) is 17.4 Å². The summed E-state index contributed by atoms with van der Waals surface area (Å²) >= 11 is 0. The lowest BCUT2D eigenvalue weighted by atomic mass is 9.93. The maximum Gasteiger partial charge on any atom is 0.471 e. The predicted octanol–water partition coefficient (Wildman–Crippen LogP) is 2.44. The van der Waals surface area contributed by atoms with Crippen molar-refractivity contribution in [2.75, 3.05) is 13.1 Å². The van der Waals surface area contributed by atoms with Crippen LogP contribution in [-0.2, 0) is 6.18 Å². The van der Waals surface area contributed by atoms with Gasteiger partial charge in [-0.25, -0.2) is 0 Å². The molecule has 0 aliphatic carbocycles. The molecule has 1 N–H and O–H groups in total. The van der Waals surface area contributed by atoms with Gasteiger partial charge in [-0.15, -0.1) is 0 Å². The average Bonchev–Trinajstić information content (AvgIpc) is 2.76. The van der Waals surface area contributed by atoms with Crippen LogP contribution >= 0.6 is 0 Å². The number of hydrogen-bond donors (Lipinski definition) is 1. The zero-order valence-corrected chi connectivity index (χ0v) is 9.74. The predicted molar refractivity (Wildman–Crippen MR) is 60.3 cm³/mol. The van der Waals surface area contributed by atoms with Crippen LogP contribution in [0.15, 0.2) is 28.8 Å². The Kier molecular flexibility index (Phi) is 2.78. The molecule has 1 fully saturated rings. The molecule has 0 radical (unpaired) electrons. The second-order valence-corrected chi connectivity index (χ2v) is 4.40. The fourth-order valence-corrected chi connectivity index (χ4v) is 1.88. The van der Waals surface area contributed by atoms with Crippen molar-refractivity contribution in [3.05, 3.63) is 35.7 Å². The third kappa shape index (κ3) is 2.33. The summed E-state index contributed by atoms with van der Waals surface area (Å²) < 4.78 is 41.2. The van der Waals surface area contributed by atoms with Crippen LogP contribution < -0.4 is 5.32 Å². The molecule has 1 aliphatic rings. The van der Waals surface area contributed by atoms with Crippen molar-refractivity contribution in [3.63, 3.8) is 0 Å². The normalized spacial score (nSPS) is 16.4. The lowest BCUT2D eigenvalue weighted by molar-refractivity contribution is -0.159. The summed E-state index contributed by atoms with van der Waals surface area (Å²) in [6.45, 7) is 1.86. The van der Waals surface area contributed by atoms with E-state index >= 15 is 0 Å². The van der Waals surface area contributed by atoms with E-state index in [0.29, 0.717) is 11.5 Å². The number of alkyl halides is 3. The van der Waals surface area contributed by atoms with Gasteiger partial charge in [-0.05, 0) is 5.56 Å². The van der Waals surface area contributed by atoms with E-state index < -0.39 is 12.1 Å². The maximum absolute atomic E-state index is 12.3. The van der Waals surface area contributed by atoms with Gasteiger partial charge in [0.05, 0.1) is 0 Å². The lowest BCUT2D eigenvalue weighted by Gasteiger charge is -2.27. The molecule has 1 aromatic carbocycles. The van der Waals surface area contributed by atoms with E-state index in [1.54, 1.807) is 12.1 Å². The summed E-state index contributed by atoms with van der Waals surface area (Å²) in [5.74, 6) is -0.898. The van der Waals surface area contributed by atoms with Gasteiger partial charge >= 0.3 is 12.1 Å². The number of rotatable bonds is 2. The van der Waals surface area contributed by atoms with Crippen LogP contribution in [-0.4, -0.2) is 23.2 Å². The molecule has 0 saturated carbocycles. The van der Waals surface area contributed by atoms with Crippen LogP contribution in [0, 0.1) is 0 Å². The Bertz CT molecular complexity index is 573. The van der Waals surface area contributed by atoms with E-state index in [0.717, 1.165) is 18.7 Å². The molecule has 2 aromatic rings. The Hall–Kier alpha value is -1.89. The molecule has 100 valence electrons.